The Hall–Kier alpha value is -3.06. The van der Waals surface area contributed by atoms with Gasteiger partial charge in [0.15, 0.2) is 0 Å². The largest absolute Gasteiger partial charge is 0.496 e. The molecular formula is C23H30N4O3. The molecule has 0 spiro atoms. The smallest absolute Gasteiger partial charge is 0.255 e. The molecule has 2 aromatic rings. The molecule has 1 unspecified atom stereocenters. The van der Waals surface area contributed by atoms with Crippen molar-refractivity contribution in [2.75, 3.05) is 31.2 Å². The van der Waals surface area contributed by atoms with Crippen LogP contribution in [-0.4, -0.2) is 43.0 Å². The van der Waals surface area contributed by atoms with Gasteiger partial charge in [0.25, 0.3) is 5.91 Å². The molecule has 1 aliphatic heterocycles. The molecule has 2 amide bonds. The number of amides is 2. The summed E-state index contributed by atoms with van der Waals surface area (Å²) in [7, 11) is 1.49. The fraction of sp³-hybridized carbons (Fsp3) is 0.391. The minimum absolute atomic E-state index is 0.0951. The van der Waals surface area contributed by atoms with Crippen molar-refractivity contribution in [2.24, 2.45) is 0 Å². The number of benzene rings is 2. The van der Waals surface area contributed by atoms with Crippen LogP contribution in [0.5, 0.6) is 5.75 Å². The highest BCUT2D eigenvalue weighted by atomic mass is 16.5. The molecule has 1 fully saturated rings. The average Bonchev–Trinajstić information content (AvgIpc) is 2.75. The maximum atomic E-state index is 12.9. The second-order valence-corrected chi connectivity index (χ2v) is 7.69. The summed E-state index contributed by atoms with van der Waals surface area (Å²) < 4.78 is 5.35. The van der Waals surface area contributed by atoms with Crippen molar-refractivity contribution in [3.63, 3.8) is 0 Å². The summed E-state index contributed by atoms with van der Waals surface area (Å²) in [5, 5.41) is 5.75. The van der Waals surface area contributed by atoms with Gasteiger partial charge in [-0.15, -0.1) is 0 Å². The summed E-state index contributed by atoms with van der Waals surface area (Å²) in [6.45, 7) is 5.46. The number of nitrogens with one attached hydrogen (secondary N) is 2. The maximum absolute atomic E-state index is 12.9. The fourth-order valence-electron chi connectivity index (χ4n) is 3.88. The summed E-state index contributed by atoms with van der Waals surface area (Å²) in [5.74, 6) is -0.0829. The van der Waals surface area contributed by atoms with E-state index in [1.165, 1.54) is 19.6 Å². The molecule has 1 saturated heterocycles. The van der Waals surface area contributed by atoms with E-state index in [1.54, 1.807) is 12.1 Å². The van der Waals surface area contributed by atoms with Crippen LogP contribution in [0.25, 0.3) is 0 Å². The van der Waals surface area contributed by atoms with E-state index >= 15 is 0 Å². The molecule has 30 heavy (non-hydrogen) atoms. The van der Waals surface area contributed by atoms with E-state index in [0.29, 0.717) is 28.7 Å². The van der Waals surface area contributed by atoms with Gasteiger partial charge in [-0.25, -0.2) is 0 Å². The predicted molar refractivity (Wildman–Crippen MR) is 119 cm³/mol. The van der Waals surface area contributed by atoms with Gasteiger partial charge in [-0.2, -0.15) is 0 Å². The van der Waals surface area contributed by atoms with Gasteiger partial charge < -0.3 is 21.1 Å². The van der Waals surface area contributed by atoms with Crippen LogP contribution in [0.3, 0.4) is 0 Å². The highest BCUT2D eigenvalue weighted by molar-refractivity contribution is 6.01. The minimum Gasteiger partial charge on any atom is -0.496 e. The predicted octanol–water partition coefficient (Wildman–Crippen LogP) is 3.19. The van der Waals surface area contributed by atoms with Crippen LogP contribution in [0.2, 0.25) is 0 Å². The van der Waals surface area contributed by atoms with Crippen molar-refractivity contribution in [1.82, 2.24) is 10.2 Å². The SMILES string of the molecule is COc1cc(NC(C)=O)c(N)cc1C(=O)NC1CCN(C(C)c2ccccc2)CC1. The molecule has 7 nitrogen and oxygen atoms in total. The number of nitrogen functional groups attached to an aromatic ring is 1. The van der Waals surface area contributed by atoms with E-state index in [2.05, 4.69) is 46.7 Å². The number of ether oxygens (including phenoxy) is 1. The number of carbonyl (C=O) groups is 2. The molecule has 0 saturated carbocycles. The first kappa shape index (κ1) is 21.6. The Kier molecular flexibility index (Phi) is 6.95. The quantitative estimate of drug-likeness (QED) is 0.636. The minimum atomic E-state index is -0.238. The van der Waals surface area contributed by atoms with Crippen LogP contribution in [0.1, 0.15) is 48.7 Å². The van der Waals surface area contributed by atoms with Gasteiger partial charge in [-0.3, -0.25) is 14.5 Å². The topological polar surface area (TPSA) is 96.7 Å². The molecule has 7 heteroatoms. The molecule has 2 aromatic carbocycles. The number of nitrogens with two attached hydrogens (primary N) is 1. The summed E-state index contributed by atoms with van der Waals surface area (Å²) in [6, 6.07) is 14.0. The highest BCUT2D eigenvalue weighted by Crippen LogP contribution is 2.30. The van der Waals surface area contributed by atoms with E-state index in [0.717, 1.165) is 25.9 Å². The lowest BCUT2D eigenvalue weighted by Gasteiger charge is -2.36. The van der Waals surface area contributed by atoms with Gasteiger partial charge >= 0.3 is 0 Å². The number of methoxy groups -OCH3 is 1. The zero-order valence-corrected chi connectivity index (χ0v) is 17.8. The molecule has 1 atom stereocenters. The lowest BCUT2D eigenvalue weighted by Crippen LogP contribution is -2.45. The summed E-state index contributed by atoms with van der Waals surface area (Å²) >= 11 is 0. The Balaban J connectivity index is 1.62. The average molecular weight is 411 g/mol. The first-order valence-corrected chi connectivity index (χ1v) is 10.2. The van der Waals surface area contributed by atoms with Gasteiger partial charge in [0.05, 0.1) is 24.0 Å². The zero-order valence-electron chi connectivity index (χ0n) is 17.8. The van der Waals surface area contributed by atoms with E-state index in [9.17, 15) is 9.59 Å². The number of anilines is 2. The number of hydrogen-bond acceptors (Lipinski definition) is 5. The van der Waals surface area contributed by atoms with E-state index < -0.39 is 0 Å². The molecule has 0 aliphatic carbocycles. The van der Waals surface area contributed by atoms with Gasteiger partial charge in [0.2, 0.25) is 5.91 Å². The van der Waals surface area contributed by atoms with E-state index in [4.69, 9.17) is 10.5 Å². The fourth-order valence-corrected chi connectivity index (χ4v) is 3.88. The molecule has 3 rings (SSSR count). The van der Waals surface area contributed by atoms with Crippen LogP contribution >= 0.6 is 0 Å². The van der Waals surface area contributed by atoms with E-state index in [1.807, 2.05) is 6.07 Å². The van der Waals surface area contributed by atoms with Crippen molar-refractivity contribution < 1.29 is 14.3 Å². The van der Waals surface area contributed by atoms with Gasteiger partial charge in [0, 0.05) is 38.2 Å². The first-order chi connectivity index (χ1) is 14.4. The van der Waals surface area contributed by atoms with Crippen LogP contribution in [0, 0.1) is 0 Å². The third kappa shape index (κ3) is 5.10. The zero-order chi connectivity index (χ0) is 21.7. The van der Waals surface area contributed by atoms with Gasteiger partial charge in [-0.05, 0) is 31.4 Å². The number of rotatable bonds is 6. The molecule has 160 valence electrons. The molecular weight excluding hydrogens is 380 g/mol. The number of nitrogens with zero attached hydrogens (tertiary/aromatic N) is 1. The Morgan fingerprint density at radius 3 is 2.43 bits per heavy atom. The molecule has 0 bridgehead atoms. The van der Waals surface area contributed by atoms with Crippen molar-refractivity contribution >= 4 is 23.2 Å². The Labute approximate surface area is 177 Å². The van der Waals surface area contributed by atoms with Gasteiger partial charge in [0.1, 0.15) is 5.75 Å². The number of carbonyl (C=O) groups excluding carboxylic acids is 2. The number of hydrogen-bond donors (Lipinski definition) is 3. The van der Waals surface area contributed by atoms with Crippen LogP contribution < -0.4 is 21.1 Å². The van der Waals surface area contributed by atoms with Crippen LogP contribution in [0.15, 0.2) is 42.5 Å². The van der Waals surface area contributed by atoms with Crippen molar-refractivity contribution in [3.05, 3.63) is 53.6 Å². The number of piperidine rings is 1. The monoisotopic (exact) mass is 410 g/mol. The van der Waals surface area contributed by atoms with Crippen LogP contribution in [0.4, 0.5) is 11.4 Å². The van der Waals surface area contributed by atoms with Crippen molar-refractivity contribution in [1.29, 1.82) is 0 Å². The standard InChI is InChI=1S/C23H30N4O3/c1-15(17-7-5-4-6-8-17)27-11-9-18(10-12-27)26-23(29)19-13-20(24)21(25-16(2)28)14-22(19)30-3/h4-8,13-15,18H,9-12,24H2,1-3H3,(H,25,28)(H,26,29). The molecule has 0 aromatic heterocycles. The first-order valence-electron chi connectivity index (χ1n) is 10.2. The maximum Gasteiger partial charge on any atom is 0.255 e. The van der Waals surface area contributed by atoms with Crippen molar-refractivity contribution in [3.8, 4) is 5.75 Å². The lowest BCUT2D eigenvalue weighted by atomic mass is 9.99. The molecule has 1 heterocycles. The lowest BCUT2D eigenvalue weighted by molar-refractivity contribution is -0.114. The second-order valence-electron chi connectivity index (χ2n) is 7.69. The third-order valence-corrected chi connectivity index (χ3v) is 5.62. The Bertz CT molecular complexity index is 893. The summed E-state index contributed by atoms with van der Waals surface area (Å²) in [5.41, 5.74) is 8.44. The highest BCUT2D eigenvalue weighted by Gasteiger charge is 2.26. The molecule has 1 aliphatic rings. The summed E-state index contributed by atoms with van der Waals surface area (Å²) in [4.78, 5) is 26.6. The molecule has 4 N–H and O–H groups in total. The second kappa shape index (κ2) is 9.63. The van der Waals surface area contributed by atoms with E-state index in [-0.39, 0.29) is 17.9 Å². The number of likely N-dealkylation sites (tertiary alicyclic amines) is 1. The van der Waals surface area contributed by atoms with Gasteiger partial charge in [-0.1, -0.05) is 30.3 Å². The normalized spacial score (nSPS) is 16.0. The third-order valence-electron chi connectivity index (χ3n) is 5.62. The molecule has 0 radical (unpaired) electrons. The van der Waals surface area contributed by atoms with Crippen LogP contribution in [-0.2, 0) is 4.79 Å². The Morgan fingerprint density at radius 2 is 1.83 bits per heavy atom. The Morgan fingerprint density at radius 1 is 1.17 bits per heavy atom. The summed E-state index contributed by atoms with van der Waals surface area (Å²) in [6.07, 6.45) is 1.76. The van der Waals surface area contributed by atoms with Crippen molar-refractivity contribution in [2.45, 2.75) is 38.8 Å².